The SMILES string of the molecule is O=C(O)CC1=NNC(CC(=O)O)SC1. The van der Waals surface area contributed by atoms with Crippen LogP contribution in [0.3, 0.4) is 0 Å². The maximum atomic E-state index is 10.3. The molecule has 0 bridgehead atoms. The highest BCUT2D eigenvalue weighted by molar-refractivity contribution is 8.00. The second-order valence-corrected chi connectivity index (χ2v) is 3.97. The Labute approximate surface area is 84.4 Å². The van der Waals surface area contributed by atoms with Crippen LogP contribution in [0.25, 0.3) is 0 Å². The summed E-state index contributed by atoms with van der Waals surface area (Å²) in [6.07, 6.45) is -0.117. The summed E-state index contributed by atoms with van der Waals surface area (Å²) in [6, 6.07) is 0. The van der Waals surface area contributed by atoms with Crippen molar-refractivity contribution in [1.82, 2.24) is 5.43 Å². The minimum Gasteiger partial charge on any atom is -0.481 e. The molecule has 7 heteroatoms. The first-order valence-electron chi connectivity index (χ1n) is 3.94. The van der Waals surface area contributed by atoms with E-state index < -0.39 is 11.9 Å². The Morgan fingerprint density at radius 1 is 1.50 bits per heavy atom. The van der Waals surface area contributed by atoms with Crippen molar-refractivity contribution >= 4 is 29.4 Å². The molecule has 0 fully saturated rings. The summed E-state index contributed by atoms with van der Waals surface area (Å²) in [5.74, 6) is -1.35. The van der Waals surface area contributed by atoms with Crippen molar-refractivity contribution in [2.45, 2.75) is 18.2 Å². The molecule has 1 atom stereocenters. The first-order chi connectivity index (χ1) is 6.58. The number of thioether (sulfide) groups is 1. The summed E-state index contributed by atoms with van der Waals surface area (Å²) in [7, 11) is 0. The maximum absolute atomic E-state index is 10.3. The van der Waals surface area contributed by atoms with Gasteiger partial charge in [-0.25, -0.2) is 0 Å². The Morgan fingerprint density at radius 2 is 2.21 bits per heavy atom. The molecule has 1 aliphatic heterocycles. The number of rotatable bonds is 4. The molecular weight excluding hydrogens is 208 g/mol. The topological polar surface area (TPSA) is 99.0 Å². The molecule has 1 heterocycles. The molecule has 14 heavy (non-hydrogen) atoms. The molecular formula is C7H10N2O4S. The predicted molar refractivity (Wildman–Crippen MR) is 51.3 cm³/mol. The lowest BCUT2D eigenvalue weighted by Gasteiger charge is -2.20. The van der Waals surface area contributed by atoms with Crippen molar-refractivity contribution in [2.24, 2.45) is 5.10 Å². The van der Waals surface area contributed by atoms with Crippen molar-refractivity contribution in [2.75, 3.05) is 5.75 Å². The molecule has 0 aromatic carbocycles. The van der Waals surface area contributed by atoms with Gasteiger partial charge < -0.3 is 10.2 Å². The van der Waals surface area contributed by atoms with Gasteiger partial charge in [0, 0.05) is 5.75 Å². The number of hydrogen-bond donors (Lipinski definition) is 3. The largest absolute Gasteiger partial charge is 0.481 e. The van der Waals surface area contributed by atoms with Crippen LogP contribution in [0.2, 0.25) is 0 Å². The molecule has 1 rings (SSSR count). The Balaban J connectivity index is 2.39. The lowest BCUT2D eigenvalue weighted by molar-refractivity contribution is -0.137. The molecule has 6 nitrogen and oxygen atoms in total. The monoisotopic (exact) mass is 218 g/mol. The van der Waals surface area contributed by atoms with Crippen LogP contribution in [0.5, 0.6) is 0 Å². The fourth-order valence-corrected chi connectivity index (χ4v) is 1.91. The van der Waals surface area contributed by atoms with E-state index in [4.69, 9.17) is 10.2 Å². The molecule has 0 saturated carbocycles. The number of nitrogens with zero attached hydrogens (tertiary/aromatic N) is 1. The van der Waals surface area contributed by atoms with Gasteiger partial charge in [0.1, 0.15) is 0 Å². The van der Waals surface area contributed by atoms with Crippen LogP contribution in [0.4, 0.5) is 0 Å². The molecule has 1 unspecified atom stereocenters. The first-order valence-corrected chi connectivity index (χ1v) is 4.99. The quantitative estimate of drug-likeness (QED) is 0.612. The normalized spacial score (nSPS) is 20.9. The highest BCUT2D eigenvalue weighted by Crippen LogP contribution is 2.17. The molecule has 0 aliphatic carbocycles. The Kier molecular flexibility index (Phi) is 3.75. The summed E-state index contributed by atoms with van der Waals surface area (Å²) in [5.41, 5.74) is 3.14. The number of aliphatic carboxylic acids is 2. The van der Waals surface area contributed by atoms with Gasteiger partial charge in [-0.1, -0.05) is 0 Å². The van der Waals surface area contributed by atoms with Crippen LogP contribution in [-0.4, -0.2) is 39.0 Å². The summed E-state index contributed by atoms with van der Waals surface area (Å²) in [6.45, 7) is 0. The number of hydrazone groups is 1. The van der Waals surface area contributed by atoms with Gasteiger partial charge in [0.05, 0.1) is 23.9 Å². The minimum atomic E-state index is -0.928. The Hall–Kier alpha value is -1.24. The van der Waals surface area contributed by atoms with Gasteiger partial charge in [0.25, 0.3) is 0 Å². The molecule has 0 saturated heterocycles. The Bertz CT molecular complexity index is 279. The second-order valence-electron chi connectivity index (χ2n) is 2.78. The van der Waals surface area contributed by atoms with Gasteiger partial charge in [-0.15, -0.1) is 11.8 Å². The average Bonchev–Trinajstić information content (AvgIpc) is 2.06. The second kappa shape index (κ2) is 4.85. The fourth-order valence-electron chi connectivity index (χ4n) is 0.958. The van der Waals surface area contributed by atoms with Crippen LogP contribution in [-0.2, 0) is 9.59 Å². The number of carboxylic acid groups (broad SMARTS) is 2. The number of nitrogens with one attached hydrogen (secondary N) is 1. The van der Waals surface area contributed by atoms with Gasteiger partial charge in [0.15, 0.2) is 0 Å². The van der Waals surface area contributed by atoms with Crippen LogP contribution < -0.4 is 5.43 Å². The van der Waals surface area contributed by atoms with E-state index in [9.17, 15) is 9.59 Å². The smallest absolute Gasteiger partial charge is 0.309 e. The zero-order valence-electron chi connectivity index (χ0n) is 7.27. The molecule has 0 radical (unpaired) electrons. The highest BCUT2D eigenvalue weighted by atomic mass is 32.2. The molecule has 3 N–H and O–H groups in total. The van der Waals surface area contributed by atoms with Crippen molar-refractivity contribution in [3.05, 3.63) is 0 Å². The van der Waals surface area contributed by atoms with Gasteiger partial charge in [-0.3, -0.25) is 15.0 Å². The molecule has 1 aliphatic rings. The summed E-state index contributed by atoms with van der Waals surface area (Å²) in [4.78, 5) is 20.6. The van der Waals surface area contributed by atoms with E-state index >= 15 is 0 Å². The van der Waals surface area contributed by atoms with E-state index in [-0.39, 0.29) is 18.2 Å². The minimum absolute atomic E-state index is 0.0193. The third-order valence-corrected chi connectivity index (χ3v) is 2.71. The average molecular weight is 218 g/mol. The van der Waals surface area contributed by atoms with E-state index in [1.807, 2.05) is 0 Å². The van der Waals surface area contributed by atoms with E-state index in [0.29, 0.717) is 11.5 Å². The van der Waals surface area contributed by atoms with E-state index in [1.54, 1.807) is 0 Å². The predicted octanol–water partition coefficient (Wildman–Crippen LogP) is -0.0457. The van der Waals surface area contributed by atoms with Crippen molar-refractivity contribution < 1.29 is 19.8 Å². The number of hydrogen-bond acceptors (Lipinski definition) is 5. The van der Waals surface area contributed by atoms with Crippen molar-refractivity contribution in [1.29, 1.82) is 0 Å². The zero-order valence-corrected chi connectivity index (χ0v) is 8.08. The number of carbonyl (C=O) groups is 2. The fraction of sp³-hybridized carbons (Fsp3) is 0.571. The lowest BCUT2D eigenvalue weighted by atomic mass is 10.3. The van der Waals surface area contributed by atoms with Crippen LogP contribution in [0.1, 0.15) is 12.8 Å². The summed E-state index contributed by atoms with van der Waals surface area (Å²) in [5, 5.41) is 20.5. The third-order valence-electron chi connectivity index (χ3n) is 1.53. The summed E-state index contributed by atoms with van der Waals surface area (Å²) < 4.78 is 0. The molecule has 0 amide bonds. The van der Waals surface area contributed by atoms with Gasteiger partial charge in [0.2, 0.25) is 0 Å². The third kappa shape index (κ3) is 3.65. The first kappa shape index (κ1) is 10.8. The van der Waals surface area contributed by atoms with E-state index in [2.05, 4.69) is 10.5 Å². The van der Waals surface area contributed by atoms with E-state index in [1.165, 1.54) is 11.8 Å². The van der Waals surface area contributed by atoms with Crippen molar-refractivity contribution in [3.8, 4) is 0 Å². The molecule has 0 aromatic heterocycles. The van der Waals surface area contributed by atoms with Crippen LogP contribution in [0.15, 0.2) is 5.10 Å². The Morgan fingerprint density at radius 3 is 2.64 bits per heavy atom. The summed E-state index contributed by atoms with van der Waals surface area (Å²) >= 11 is 1.36. The lowest BCUT2D eigenvalue weighted by Crippen LogP contribution is -2.31. The van der Waals surface area contributed by atoms with E-state index in [0.717, 1.165) is 0 Å². The van der Waals surface area contributed by atoms with Gasteiger partial charge in [-0.05, 0) is 0 Å². The van der Waals surface area contributed by atoms with Crippen LogP contribution in [0, 0.1) is 0 Å². The number of carboxylic acids is 2. The maximum Gasteiger partial charge on any atom is 0.309 e. The molecule has 0 spiro atoms. The molecule has 78 valence electrons. The van der Waals surface area contributed by atoms with Gasteiger partial charge >= 0.3 is 11.9 Å². The zero-order chi connectivity index (χ0) is 10.6. The molecule has 0 aromatic rings. The van der Waals surface area contributed by atoms with Gasteiger partial charge in [-0.2, -0.15) is 5.10 Å². The van der Waals surface area contributed by atoms with Crippen molar-refractivity contribution in [3.63, 3.8) is 0 Å². The highest BCUT2D eigenvalue weighted by Gasteiger charge is 2.19. The standard InChI is InChI=1S/C7H10N2O4S/c10-6(11)1-4-3-14-5(9-8-4)2-7(12)13/h5,9H,1-3H2,(H,10,11)(H,12,13). The van der Waals surface area contributed by atoms with Crippen LogP contribution >= 0.6 is 11.8 Å².